The summed E-state index contributed by atoms with van der Waals surface area (Å²) in [6, 6.07) is 14.4. The van der Waals surface area contributed by atoms with E-state index in [9.17, 15) is 4.79 Å². The molecule has 1 heterocycles. The van der Waals surface area contributed by atoms with Gasteiger partial charge in [-0.05, 0) is 48.0 Å². The Hall–Kier alpha value is -2.85. The normalized spacial score (nSPS) is 11.0. The smallest absolute Gasteiger partial charge is 0.185 e. The maximum absolute atomic E-state index is 12.2. The predicted molar refractivity (Wildman–Crippen MR) is 98.8 cm³/mol. The van der Waals surface area contributed by atoms with Crippen molar-refractivity contribution >= 4 is 23.5 Å². The molecule has 25 heavy (non-hydrogen) atoms. The number of carbonyl (C=O) groups is 1. The van der Waals surface area contributed by atoms with Crippen LogP contribution in [-0.4, -0.2) is 15.3 Å². The highest BCUT2D eigenvalue weighted by atomic mass is 35.5. The molecule has 0 aliphatic rings. The summed E-state index contributed by atoms with van der Waals surface area (Å²) in [6.07, 6.45) is 6.91. The van der Waals surface area contributed by atoms with Gasteiger partial charge in [-0.3, -0.25) is 4.79 Å². The average Bonchev–Trinajstić information content (AvgIpc) is 3.04. The number of carbonyl (C=O) groups excluding carboxylic acids is 1. The van der Waals surface area contributed by atoms with Crippen molar-refractivity contribution in [1.29, 1.82) is 0 Å². The molecule has 1 aromatic heterocycles. The lowest BCUT2D eigenvalue weighted by Gasteiger charge is -2.06. The Labute approximate surface area is 151 Å². The summed E-state index contributed by atoms with van der Waals surface area (Å²) in [5.74, 6) is 1.47. The number of nitrogens with zero attached hydrogens (tertiary/aromatic N) is 2. The van der Waals surface area contributed by atoms with E-state index >= 15 is 0 Å². The van der Waals surface area contributed by atoms with E-state index in [1.54, 1.807) is 54.7 Å². The van der Waals surface area contributed by atoms with Gasteiger partial charge in [-0.25, -0.2) is 4.98 Å². The molecule has 0 bridgehead atoms. The van der Waals surface area contributed by atoms with Gasteiger partial charge in [0.1, 0.15) is 18.2 Å². The summed E-state index contributed by atoms with van der Waals surface area (Å²) in [5, 5.41) is 0.671. The molecule has 0 aliphatic heterocycles. The van der Waals surface area contributed by atoms with E-state index in [1.807, 2.05) is 29.9 Å². The molecule has 0 fully saturated rings. The number of aromatic nitrogens is 2. The molecular formula is C20H17ClN2O2. The molecule has 0 atom stereocenters. The Morgan fingerprint density at radius 1 is 1.16 bits per heavy atom. The van der Waals surface area contributed by atoms with Crippen molar-refractivity contribution in [3.05, 3.63) is 89.0 Å². The zero-order valence-electron chi connectivity index (χ0n) is 13.7. The van der Waals surface area contributed by atoms with Crippen LogP contribution in [0.15, 0.2) is 67.0 Å². The zero-order chi connectivity index (χ0) is 17.6. The van der Waals surface area contributed by atoms with Gasteiger partial charge in [-0.2, -0.15) is 0 Å². The van der Waals surface area contributed by atoms with Gasteiger partial charge in [-0.15, -0.1) is 0 Å². The Balaban J connectivity index is 1.60. The van der Waals surface area contributed by atoms with Gasteiger partial charge in [0.05, 0.1) is 0 Å². The van der Waals surface area contributed by atoms with E-state index < -0.39 is 0 Å². The van der Waals surface area contributed by atoms with Gasteiger partial charge in [-0.1, -0.05) is 29.8 Å². The fraction of sp³-hybridized carbons (Fsp3) is 0.100. The van der Waals surface area contributed by atoms with Crippen molar-refractivity contribution in [3.8, 4) is 5.75 Å². The minimum Gasteiger partial charge on any atom is -0.486 e. The van der Waals surface area contributed by atoms with Crippen molar-refractivity contribution in [3.63, 3.8) is 0 Å². The maximum Gasteiger partial charge on any atom is 0.185 e. The van der Waals surface area contributed by atoms with E-state index in [0.717, 1.165) is 11.4 Å². The van der Waals surface area contributed by atoms with Crippen LogP contribution in [0.3, 0.4) is 0 Å². The number of ether oxygens (including phenoxy) is 1. The van der Waals surface area contributed by atoms with Crippen LogP contribution in [-0.2, 0) is 13.7 Å². The lowest BCUT2D eigenvalue weighted by Crippen LogP contribution is -2.03. The van der Waals surface area contributed by atoms with Gasteiger partial charge in [0.15, 0.2) is 5.78 Å². The number of ketones is 1. The summed E-state index contributed by atoms with van der Waals surface area (Å²) < 4.78 is 7.58. The first-order valence-electron chi connectivity index (χ1n) is 7.79. The fourth-order valence-electron chi connectivity index (χ4n) is 2.24. The molecule has 0 unspecified atom stereocenters. The number of allylic oxidation sites excluding steroid dienone is 1. The third kappa shape index (κ3) is 4.58. The quantitative estimate of drug-likeness (QED) is 0.483. The molecule has 0 N–H and O–H groups in total. The third-order valence-electron chi connectivity index (χ3n) is 3.72. The van der Waals surface area contributed by atoms with E-state index in [0.29, 0.717) is 22.9 Å². The number of benzene rings is 2. The third-order valence-corrected chi connectivity index (χ3v) is 3.98. The number of hydrogen-bond acceptors (Lipinski definition) is 3. The SMILES string of the molecule is Cn1ccnc1COc1ccc(C(=O)/C=C/c2ccc(Cl)cc2)cc1. The van der Waals surface area contributed by atoms with Crippen molar-refractivity contribution in [2.45, 2.75) is 6.61 Å². The molecule has 3 rings (SSSR count). The molecule has 0 saturated carbocycles. The Bertz CT molecular complexity index is 881. The molecule has 0 saturated heterocycles. The Morgan fingerprint density at radius 2 is 1.88 bits per heavy atom. The second-order valence-electron chi connectivity index (χ2n) is 5.52. The molecule has 0 aliphatic carbocycles. The Kier molecular flexibility index (Phi) is 5.31. The average molecular weight is 353 g/mol. The molecule has 4 nitrogen and oxygen atoms in total. The molecule has 0 spiro atoms. The first-order chi connectivity index (χ1) is 12.1. The van der Waals surface area contributed by atoms with Crippen LogP contribution < -0.4 is 4.74 Å². The topological polar surface area (TPSA) is 44.1 Å². The van der Waals surface area contributed by atoms with Gasteiger partial charge < -0.3 is 9.30 Å². The first kappa shape index (κ1) is 17.0. The van der Waals surface area contributed by atoms with Crippen LogP contribution in [0.1, 0.15) is 21.7 Å². The number of hydrogen-bond donors (Lipinski definition) is 0. The number of halogens is 1. The number of aryl methyl sites for hydroxylation is 1. The highest BCUT2D eigenvalue weighted by Crippen LogP contribution is 2.15. The summed E-state index contributed by atoms with van der Waals surface area (Å²) >= 11 is 5.84. The van der Waals surface area contributed by atoms with Crippen LogP contribution in [0.25, 0.3) is 6.08 Å². The molecule has 5 heteroatoms. The lowest BCUT2D eigenvalue weighted by molar-refractivity contribution is 0.104. The molecule has 0 amide bonds. The van der Waals surface area contributed by atoms with E-state index in [4.69, 9.17) is 16.3 Å². The van der Waals surface area contributed by atoms with E-state index in [1.165, 1.54) is 0 Å². The highest BCUT2D eigenvalue weighted by Gasteiger charge is 2.04. The highest BCUT2D eigenvalue weighted by molar-refractivity contribution is 6.30. The number of rotatable bonds is 6. The first-order valence-corrected chi connectivity index (χ1v) is 8.16. The standard InChI is InChI=1S/C20H17ClN2O2/c1-23-13-12-22-20(23)14-25-18-9-5-16(6-10-18)19(24)11-4-15-2-7-17(21)8-3-15/h2-13H,14H2,1H3/b11-4+. The van der Waals surface area contributed by atoms with Crippen LogP contribution in [0, 0.1) is 0 Å². The lowest BCUT2D eigenvalue weighted by atomic mass is 10.1. The zero-order valence-corrected chi connectivity index (χ0v) is 14.5. The van der Waals surface area contributed by atoms with Gasteiger partial charge in [0.2, 0.25) is 0 Å². The molecule has 126 valence electrons. The van der Waals surface area contributed by atoms with Crippen LogP contribution in [0.4, 0.5) is 0 Å². The van der Waals surface area contributed by atoms with E-state index in [2.05, 4.69) is 4.98 Å². The molecule has 2 aromatic carbocycles. The van der Waals surface area contributed by atoms with Crippen molar-refractivity contribution in [2.75, 3.05) is 0 Å². The summed E-state index contributed by atoms with van der Waals surface area (Å²) in [7, 11) is 1.92. The minimum absolute atomic E-state index is 0.0643. The van der Waals surface area contributed by atoms with Crippen molar-refractivity contribution < 1.29 is 9.53 Å². The van der Waals surface area contributed by atoms with Gasteiger partial charge >= 0.3 is 0 Å². The predicted octanol–water partition coefficient (Wildman–Crippen LogP) is 4.55. The summed E-state index contributed by atoms with van der Waals surface area (Å²) in [5.41, 5.74) is 1.53. The van der Waals surface area contributed by atoms with Crippen LogP contribution >= 0.6 is 11.6 Å². The number of imidazole rings is 1. The maximum atomic E-state index is 12.2. The second kappa shape index (κ2) is 7.81. The summed E-state index contributed by atoms with van der Waals surface area (Å²) in [6.45, 7) is 0.382. The molecular weight excluding hydrogens is 336 g/mol. The second-order valence-corrected chi connectivity index (χ2v) is 5.95. The van der Waals surface area contributed by atoms with Gasteiger partial charge in [0.25, 0.3) is 0 Å². The minimum atomic E-state index is -0.0643. The summed E-state index contributed by atoms with van der Waals surface area (Å²) in [4.78, 5) is 16.4. The Morgan fingerprint density at radius 3 is 2.52 bits per heavy atom. The van der Waals surface area contributed by atoms with Crippen molar-refractivity contribution in [2.24, 2.45) is 7.05 Å². The van der Waals surface area contributed by atoms with Crippen molar-refractivity contribution in [1.82, 2.24) is 9.55 Å². The van der Waals surface area contributed by atoms with Gasteiger partial charge in [0, 0.05) is 30.0 Å². The largest absolute Gasteiger partial charge is 0.486 e. The van der Waals surface area contributed by atoms with Crippen LogP contribution in [0.5, 0.6) is 5.75 Å². The monoisotopic (exact) mass is 352 g/mol. The van der Waals surface area contributed by atoms with E-state index in [-0.39, 0.29) is 5.78 Å². The fourth-order valence-corrected chi connectivity index (χ4v) is 2.37. The molecule has 3 aromatic rings. The molecule has 0 radical (unpaired) electrons. The van der Waals surface area contributed by atoms with Crippen LogP contribution in [0.2, 0.25) is 5.02 Å².